The van der Waals surface area contributed by atoms with Crippen molar-refractivity contribution in [3.8, 4) is 0 Å². The molecule has 0 aliphatic carbocycles. The van der Waals surface area contributed by atoms with Crippen LogP contribution < -0.4 is 9.62 Å². The molecule has 202 valence electrons. The third-order valence-electron chi connectivity index (χ3n) is 6.30. The van der Waals surface area contributed by atoms with E-state index < -0.39 is 28.5 Å². The minimum Gasteiger partial charge on any atom is -0.354 e. The van der Waals surface area contributed by atoms with Gasteiger partial charge in [-0.25, -0.2) is 8.42 Å². The second kappa shape index (κ2) is 13.8. The number of unbranched alkanes of at least 4 members (excludes halogenated alkanes) is 1. The van der Waals surface area contributed by atoms with Crippen molar-refractivity contribution in [2.24, 2.45) is 0 Å². The van der Waals surface area contributed by atoms with Gasteiger partial charge in [-0.05, 0) is 36.6 Å². The summed E-state index contributed by atoms with van der Waals surface area (Å²) in [6.45, 7) is 4.29. The van der Waals surface area contributed by atoms with E-state index >= 15 is 0 Å². The van der Waals surface area contributed by atoms with Gasteiger partial charge < -0.3 is 10.2 Å². The zero-order chi connectivity index (χ0) is 27.5. The molecule has 3 aromatic carbocycles. The molecule has 0 saturated carbocycles. The first-order chi connectivity index (χ1) is 18.2. The van der Waals surface area contributed by atoms with Crippen molar-refractivity contribution >= 4 is 27.5 Å². The van der Waals surface area contributed by atoms with Crippen LogP contribution in [0.25, 0.3) is 0 Å². The zero-order valence-electron chi connectivity index (χ0n) is 22.3. The van der Waals surface area contributed by atoms with E-state index in [1.165, 1.54) is 4.90 Å². The van der Waals surface area contributed by atoms with Crippen molar-refractivity contribution in [3.05, 3.63) is 102 Å². The van der Waals surface area contributed by atoms with Crippen LogP contribution in [0.3, 0.4) is 0 Å². The van der Waals surface area contributed by atoms with Crippen LogP contribution in [0.5, 0.6) is 0 Å². The lowest BCUT2D eigenvalue weighted by Crippen LogP contribution is -2.53. The maximum absolute atomic E-state index is 14.0. The molecule has 0 heterocycles. The Morgan fingerprint density at radius 1 is 0.868 bits per heavy atom. The summed E-state index contributed by atoms with van der Waals surface area (Å²) < 4.78 is 26.6. The minimum atomic E-state index is -3.76. The average Bonchev–Trinajstić information content (AvgIpc) is 2.90. The highest BCUT2D eigenvalue weighted by Crippen LogP contribution is 2.20. The Kier molecular flexibility index (Phi) is 10.5. The van der Waals surface area contributed by atoms with E-state index in [2.05, 4.69) is 5.32 Å². The van der Waals surface area contributed by atoms with Gasteiger partial charge in [0.1, 0.15) is 12.6 Å². The average molecular weight is 536 g/mol. The molecular weight excluding hydrogens is 498 g/mol. The highest BCUT2D eigenvalue weighted by Gasteiger charge is 2.32. The number of nitrogens with zero attached hydrogens (tertiary/aromatic N) is 2. The second-order valence-electron chi connectivity index (χ2n) is 9.46. The van der Waals surface area contributed by atoms with Gasteiger partial charge >= 0.3 is 0 Å². The lowest BCUT2D eigenvalue weighted by molar-refractivity contribution is -0.140. The monoisotopic (exact) mass is 535 g/mol. The number of sulfonamides is 1. The fraction of sp³-hybridized carbons (Fsp3) is 0.333. The Bertz CT molecular complexity index is 1280. The molecule has 0 bridgehead atoms. The SMILES string of the molecule is CCCCNC(=O)[C@@H](Cc1ccccc1)N(Cc1ccc(C)cc1)C(=O)CN(c1ccccc1)S(C)(=O)=O. The molecular formula is C30H37N3O4S. The number of hydrogen-bond acceptors (Lipinski definition) is 4. The molecule has 0 aromatic heterocycles. The molecule has 0 spiro atoms. The maximum atomic E-state index is 14.0. The number of benzene rings is 3. The summed E-state index contributed by atoms with van der Waals surface area (Å²) in [5.41, 5.74) is 3.24. The molecule has 3 aromatic rings. The molecule has 0 radical (unpaired) electrons. The van der Waals surface area contributed by atoms with Gasteiger partial charge in [-0.3, -0.25) is 13.9 Å². The molecule has 3 rings (SSSR count). The molecule has 0 fully saturated rings. The molecule has 1 atom stereocenters. The van der Waals surface area contributed by atoms with Gasteiger partial charge in [0, 0.05) is 19.5 Å². The van der Waals surface area contributed by atoms with E-state index in [0.717, 1.165) is 40.1 Å². The van der Waals surface area contributed by atoms with Crippen molar-refractivity contribution in [1.82, 2.24) is 10.2 Å². The Morgan fingerprint density at radius 3 is 2.05 bits per heavy atom. The number of nitrogens with one attached hydrogen (secondary N) is 1. The number of anilines is 1. The Labute approximate surface area is 226 Å². The maximum Gasteiger partial charge on any atom is 0.244 e. The topological polar surface area (TPSA) is 86.8 Å². The van der Waals surface area contributed by atoms with Crippen LogP contribution in [0.4, 0.5) is 5.69 Å². The molecule has 0 aliphatic rings. The van der Waals surface area contributed by atoms with Crippen LogP contribution in [0.2, 0.25) is 0 Å². The number of rotatable bonds is 13. The molecule has 8 heteroatoms. The fourth-order valence-electron chi connectivity index (χ4n) is 4.16. The summed E-state index contributed by atoms with van der Waals surface area (Å²) in [4.78, 5) is 29.0. The third-order valence-corrected chi connectivity index (χ3v) is 7.44. The zero-order valence-corrected chi connectivity index (χ0v) is 23.2. The van der Waals surface area contributed by atoms with Gasteiger partial charge in [0.05, 0.1) is 11.9 Å². The Hall–Kier alpha value is -3.65. The molecule has 38 heavy (non-hydrogen) atoms. The van der Waals surface area contributed by atoms with Crippen molar-refractivity contribution in [1.29, 1.82) is 0 Å². The van der Waals surface area contributed by atoms with Crippen LogP contribution in [0.15, 0.2) is 84.9 Å². The lowest BCUT2D eigenvalue weighted by atomic mass is 10.0. The molecule has 0 saturated heterocycles. The second-order valence-corrected chi connectivity index (χ2v) is 11.4. The van der Waals surface area contributed by atoms with Gasteiger partial charge in [0.2, 0.25) is 21.8 Å². The number of para-hydroxylation sites is 1. The number of carbonyl (C=O) groups excluding carboxylic acids is 2. The van der Waals surface area contributed by atoms with Crippen LogP contribution >= 0.6 is 0 Å². The minimum absolute atomic E-state index is 0.171. The first kappa shape index (κ1) is 28.9. The van der Waals surface area contributed by atoms with E-state index in [4.69, 9.17) is 0 Å². The summed E-state index contributed by atoms with van der Waals surface area (Å²) in [5, 5.41) is 2.98. The number of amides is 2. The quantitative estimate of drug-likeness (QED) is 0.330. The predicted molar refractivity (Wildman–Crippen MR) is 152 cm³/mol. The van der Waals surface area contributed by atoms with E-state index in [-0.39, 0.29) is 12.5 Å². The molecule has 7 nitrogen and oxygen atoms in total. The normalized spacial score (nSPS) is 12.0. The number of carbonyl (C=O) groups is 2. The molecule has 1 N–H and O–H groups in total. The van der Waals surface area contributed by atoms with E-state index in [0.29, 0.717) is 18.7 Å². The highest BCUT2D eigenvalue weighted by atomic mass is 32.2. The summed E-state index contributed by atoms with van der Waals surface area (Å²) >= 11 is 0. The Balaban J connectivity index is 2.01. The van der Waals surface area contributed by atoms with Crippen molar-refractivity contribution < 1.29 is 18.0 Å². The number of hydrogen-bond donors (Lipinski definition) is 1. The van der Waals surface area contributed by atoms with E-state index in [1.54, 1.807) is 30.3 Å². The highest BCUT2D eigenvalue weighted by molar-refractivity contribution is 7.92. The molecule has 0 unspecified atom stereocenters. The first-order valence-electron chi connectivity index (χ1n) is 12.9. The van der Waals surface area contributed by atoms with E-state index in [9.17, 15) is 18.0 Å². The van der Waals surface area contributed by atoms with Gasteiger partial charge in [-0.2, -0.15) is 0 Å². The first-order valence-corrected chi connectivity index (χ1v) is 14.7. The summed E-state index contributed by atoms with van der Waals surface area (Å²) in [5.74, 6) is -0.709. The molecule has 2 amide bonds. The van der Waals surface area contributed by atoms with Gasteiger partial charge in [0.25, 0.3) is 0 Å². The summed E-state index contributed by atoms with van der Waals surface area (Å²) in [6.07, 6.45) is 3.14. The van der Waals surface area contributed by atoms with Crippen LogP contribution in [-0.4, -0.2) is 50.5 Å². The standard InChI is InChI=1S/C30H37N3O4S/c1-4-5-20-31-30(35)28(21-25-12-8-6-9-13-25)32(22-26-18-16-24(2)17-19-26)29(34)23-33(38(3,36)37)27-14-10-7-11-15-27/h6-19,28H,4-5,20-23H2,1-3H3,(H,31,35)/t28-/m1/s1. The summed E-state index contributed by atoms with van der Waals surface area (Å²) in [6, 6.07) is 25.0. The van der Waals surface area contributed by atoms with Crippen molar-refractivity contribution in [2.45, 2.75) is 45.7 Å². The molecule has 0 aliphatic heterocycles. The Morgan fingerprint density at radius 2 is 1.47 bits per heavy atom. The fourth-order valence-corrected chi connectivity index (χ4v) is 5.01. The third kappa shape index (κ3) is 8.45. The van der Waals surface area contributed by atoms with Crippen molar-refractivity contribution in [3.63, 3.8) is 0 Å². The lowest BCUT2D eigenvalue weighted by Gasteiger charge is -2.33. The van der Waals surface area contributed by atoms with E-state index in [1.807, 2.05) is 68.4 Å². The number of aryl methyl sites for hydroxylation is 1. The van der Waals surface area contributed by atoms with Crippen molar-refractivity contribution in [2.75, 3.05) is 23.7 Å². The smallest absolute Gasteiger partial charge is 0.244 e. The van der Waals surface area contributed by atoms with Gasteiger partial charge in [0.15, 0.2) is 0 Å². The van der Waals surface area contributed by atoms with Crippen LogP contribution in [-0.2, 0) is 32.6 Å². The summed E-state index contributed by atoms with van der Waals surface area (Å²) in [7, 11) is -3.76. The largest absolute Gasteiger partial charge is 0.354 e. The predicted octanol–water partition coefficient (Wildman–Crippen LogP) is 4.32. The van der Waals surface area contributed by atoms with Crippen LogP contribution in [0.1, 0.15) is 36.5 Å². The van der Waals surface area contributed by atoms with Gasteiger partial charge in [-0.1, -0.05) is 91.7 Å². The van der Waals surface area contributed by atoms with Gasteiger partial charge in [-0.15, -0.1) is 0 Å². The van der Waals surface area contributed by atoms with Crippen LogP contribution in [0, 0.1) is 6.92 Å².